The Morgan fingerprint density at radius 2 is 2.00 bits per heavy atom. The van der Waals surface area contributed by atoms with Gasteiger partial charge < -0.3 is 14.6 Å². The molecule has 2 rings (SSSR count). The highest BCUT2D eigenvalue weighted by atomic mass is 16.3. The molecule has 6 heteroatoms. The zero-order valence-electron chi connectivity index (χ0n) is 12.2. The van der Waals surface area contributed by atoms with Gasteiger partial charge in [0.1, 0.15) is 11.4 Å². The fraction of sp³-hybridized carbons (Fsp3) is 0.429. The zero-order chi connectivity index (χ0) is 14.9. The maximum atomic E-state index is 12.5. The lowest BCUT2D eigenvalue weighted by atomic mass is 10.1. The molecule has 0 saturated carbocycles. The number of aryl methyl sites for hydroxylation is 1. The van der Waals surface area contributed by atoms with E-state index in [2.05, 4.69) is 5.10 Å². The molecule has 0 aliphatic carbocycles. The summed E-state index contributed by atoms with van der Waals surface area (Å²) in [7, 11) is 3.47. The van der Waals surface area contributed by atoms with Crippen LogP contribution in [0.25, 0.3) is 5.82 Å². The van der Waals surface area contributed by atoms with E-state index in [1.165, 1.54) is 4.90 Å². The Bertz CT molecular complexity index is 593. The van der Waals surface area contributed by atoms with E-state index in [0.29, 0.717) is 11.4 Å². The van der Waals surface area contributed by atoms with Gasteiger partial charge in [0.25, 0.3) is 5.91 Å². The number of nitrogens with zero attached hydrogens (tertiary/aromatic N) is 4. The van der Waals surface area contributed by atoms with Crippen molar-refractivity contribution in [3.8, 4) is 5.82 Å². The average molecular weight is 276 g/mol. The molecule has 2 aromatic heterocycles. The molecule has 2 aromatic rings. The molecule has 0 bridgehead atoms. The third kappa shape index (κ3) is 2.91. The third-order valence-corrected chi connectivity index (χ3v) is 2.96. The molecule has 108 valence electrons. The van der Waals surface area contributed by atoms with Crippen molar-refractivity contribution in [1.82, 2.24) is 19.2 Å². The van der Waals surface area contributed by atoms with Crippen molar-refractivity contribution in [1.29, 1.82) is 0 Å². The van der Waals surface area contributed by atoms with Crippen molar-refractivity contribution in [2.75, 3.05) is 13.6 Å². The van der Waals surface area contributed by atoms with Crippen molar-refractivity contribution in [3.63, 3.8) is 0 Å². The van der Waals surface area contributed by atoms with Gasteiger partial charge in [-0.05, 0) is 26.0 Å². The molecule has 0 aliphatic rings. The van der Waals surface area contributed by atoms with Crippen LogP contribution in [0.1, 0.15) is 24.2 Å². The predicted octanol–water partition coefficient (Wildman–Crippen LogP) is 1.05. The van der Waals surface area contributed by atoms with Crippen LogP contribution in [0.2, 0.25) is 0 Å². The number of carbonyl (C=O) groups excluding carboxylic acids is 1. The van der Waals surface area contributed by atoms with Crippen molar-refractivity contribution >= 4 is 5.91 Å². The number of aromatic nitrogens is 3. The Labute approximate surface area is 118 Å². The molecule has 0 atom stereocenters. The van der Waals surface area contributed by atoms with Gasteiger partial charge >= 0.3 is 0 Å². The standard InChI is InChI=1S/C14H20N4O2/c1-14(2,20)10-16(3)13(19)11-9-15-17(4)12(11)18-7-5-6-8-18/h5-9,20H,10H2,1-4H3. The highest BCUT2D eigenvalue weighted by Crippen LogP contribution is 2.16. The van der Waals surface area contributed by atoms with Crippen molar-refractivity contribution in [2.45, 2.75) is 19.4 Å². The van der Waals surface area contributed by atoms with Crippen LogP contribution < -0.4 is 0 Å². The second-order valence-electron chi connectivity index (χ2n) is 5.57. The summed E-state index contributed by atoms with van der Waals surface area (Å²) < 4.78 is 3.50. The normalized spacial score (nSPS) is 11.7. The first-order valence-corrected chi connectivity index (χ1v) is 6.43. The van der Waals surface area contributed by atoms with E-state index in [1.807, 2.05) is 29.1 Å². The first kappa shape index (κ1) is 14.3. The second-order valence-corrected chi connectivity index (χ2v) is 5.57. The van der Waals surface area contributed by atoms with Gasteiger partial charge in [-0.1, -0.05) is 0 Å². The largest absolute Gasteiger partial charge is 0.389 e. The number of hydrogen-bond donors (Lipinski definition) is 1. The Kier molecular flexibility index (Phi) is 3.67. The molecular weight excluding hydrogens is 256 g/mol. The van der Waals surface area contributed by atoms with E-state index in [-0.39, 0.29) is 12.5 Å². The van der Waals surface area contributed by atoms with Crippen LogP contribution in [0.15, 0.2) is 30.7 Å². The highest BCUT2D eigenvalue weighted by Gasteiger charge is 2.24. The third-order valence-electron chi connectivity index (χ3n) is 2.96. The molecule has 0 aromatic carbocycles. The first-order valence-electron chi connectivity index (χ1n) is 6.43. The SMILES string of the molecule is CN(CC(C)(C)O)C(=O)c1cnn(C)c1-n1cccc1. The van der Waals surface area contributed by atoms with E-state index < -0.39 is 5.60 Å². The predicted molar refractivity (Wildman–Crippen MR) is 75.8 cm³/mol. The monoisotopic (exact) mass is 276 g/mol. The molecule has 20 heavy (non-hydrogen) atoms. The number of likely N-dealkylation sites (N-methyl/N-ethyl adjacent to an activating group) is 1. The van der Waals surface area contributed by atoms with Crippen LogP contribution in [-0.4, -0.2) is 49.5 Å². The molecule has 0 saturated heterocycles. The molecular formula is C14H20N4O2. The molecule has 0 radical (unpaired) electrons. The number of carbonyl (C=O) groups is 1. The smallest absolute Gasteiger partial charge is 0.259 e. The Morgan fingerprint density at radius 1 is 1.40 bits per heavy atom. The van der Waals surface area contributed by atoms with Gasteiger partial charge in [-0.15, -0.1) is 0 Å². The lowest BCUT2D eigenvalue weighted by molar-refractivity contribution is 0.0368. The molecule has 0 fully saturated rings. The van der Waals surface area contributed by atoms with Crippen LogP contribution in [-0.2, 0) is 7.05 Å². The number of aliphatic hydroxyl groups is 1. The quantitative estimate of drug-likeness (QED) is 0.908. The topological polar surface area (TPSA) is 63.3 Å². The Balaban J connectivity index is 2.32. The van der Waals surface area contributed by atoms with Crippen LogP contribution in [0, 0.1) is 0 Å². The van der Waals surface area contributed by atoms with E-state index in [4.69, 9.17) is 0 Å². The molecule has 1 N–H and O–H groups in total. The van der Waals surface area contributed by atoms with Crippen LogP contribution in [0.4, 0.5) is 0 Å². The Hall–Kier alpha value is -2.08. The minimum atomic E-state index is -0.930. The van der Waals surface area contributed by atoms with Gasteiger partial charge in [0.15, 0.2) is 0 Å². The highest BCUT2D eigenvalue weighted by molar-refractivity contribution is 5.97. The number of hydrogen-bond acceptors (Lipinski definition) is 3. The van der Waals surface area contributed by atoms with Gasteiger partial charge in [0.2, 0.25) is 0 Å². The summed E-state index contributed by atoms with van der Waals surface area (Å²) in [5, 5.41) is 14.0. The maximum Gasteiger partial charge on any atom is 0.259 e. The first-order chi connectivity index (χ1) is 9.29. The summed E-state index contributed by atoms with van der Waals surface area (Å²) in [4.78, 5) is 14.0. The fourth-order valence-electron chi connectivity index (χ4n) is 2.22. The Morgan fingerprint density at radius 3 is 2.55 bits per heavy atom. The van der Waals surface area contributed by atoms with Gasteiger partial charge in [-0.2, -0.15) is 5.10 Å². The number of rotatable bonds is 4. The van der Waals surface area contributed by atoms with Gasteiger partial charge in [-0.25, -0.2) is 0 Å². The summed E-state index contributed by atoms with van der Waals surface area (Å²) in [5.41, 5.74) is -0.421. The van der Waals surface area contributed by atoms with E-state index in [9.17, 15) is 9.90 Å². The van der Waals surface area contributed by atoms with E-state index in [1.54, 1.807) is 38.8 Å². The van der Waals surface area contributed by atoms with Gasteiger partial charge in [0.05, 0.1) is 11.8 Å². The summed E-state index contributed by atoms with van der Waals surface area (Å²) >= 11 is 0. The fourth-order valence-corrected chi connectivity index (χ4v) is 2.22. The summed E-state index contributed by atoms with van der Waals surface area (Å²) in [6.45, 7) is 3.60. The van der Waals surface area contributed by atoms with E-state index in [0.717, 1.165) is 0 Å². The van der Waals surface area contributed by atoms with Gasteiger partial charge in [-0.3, -0.25) is 9.48 Å². The number of amides is 1. The lowest BCUT2D eigenvalue weighted by Crippen LogP contribution is -2.39. The zero-order valence-corrected chi connectivity index (χ0v) is 12.2. The van der Waals surface area contributed by atoms with Crippen LogP contribution in [0.5, 0.6) is 0 Å². The molecule has 6 nitrogen and oxygen atoms in total. The lowest BCUT2D eigenvalue weighted by Gasteiger charge is -2.25. The summed E-state index contributed by atoms with van der Waals surface area (Å²) in [6, 6.07) is 3.78. The van der Waals surface area contributed by atoms with Crippen molar-refractivity contribution in [3.05, 3.63) is 36.3 Å². The average Bonchev–Trinajstić information content (AvgIpc) is 2.94. The van der Waals surface area contributed by atoms with E-state index >= 15 is 0 Å². The summed E-state index contributed by atoms with van der Waals surface area (Å²) in [5.74, 6) is 0.548. The van der Waals surface area contributed by atoms with Crippen molar-refractivity contribution < 1.29 is 9.90 Å². The minimum absolute atomic E-state index is 0.163. The second kappa shape index (κ2) is 5.13. The van der Waals surface area contributed by atoms with Crippen molar-refractivity contribution in [2.24, 2.45) is 7.05 Å². The van der Waals surface area contributed by atoms with Gasteiger partial charge in [0, 0.05) is 33.0 Å². The molecule has 2 heterocycles. The summed E-state index contributed by atoms with van der Waals surface area (Å²) in [6.07, 6.45) is 5.28. The van der Waals surface area contributed by atoms with Crippen LogP contribution in [0.3, 0.4) is 0 Å². The molecule has 0 spiro atoms. The molecule has 1 amide bonds. The maximum absolute atomic E-state index is 12.5. The van der Waals surface area contributed by atoms with Crippen LogP contribution >= 0.6 is 0 Å². The minimum Gasteiger partial charge on any atom is -0.389 e. The molecule has 0 aliphatic heterocycles. The molecule has 0 unspecified atom stereocenters.